The molecule has 0 saturated heterocycles. The predicted octanol–water partition coefficient (Wildman–Crippen LogP) is 4.56. The predicted molar refractivity (Wildman–Crippen MR) is 82.4 cm³/mol. The highest BCUT2D eigenvalue weighted by atomic mass is 19.3. The van der Waals surface area contributed by atoms with Crippen molar-refractivity contribution in [1.82, 2.24) is 0 Å². The van der Waals surface area contributed by atoms with Crippen molar-refractivity contribution < 1.29 is 28.2 Å². The van der Waals surface area contributed by atoms with Crippen molar-refractivity contribution in [2.24, 2.45) is 5.92 Å². The van der Waals surface area contributed by atoms with E-state index in [0.29, 0.717) is 19.3 Å². The van der Waals surface area contributed by atoms with Gasteiger partial charge in [0.15, 0.2) is 6.10 Å². The fraction of sp³-hybridized carbons (Fsp3) is 0.882. The molecule has 0 radical (unpaired) electrons. The number of carboxylic acid groups (broad SMARTS) is 1. The SMILES string of the molecule is CCCCCCCC(=O)OC(C1CCCCC1)C(F)(F)C(=O)O. The van der Waals surface area contributed by atoms with Gasteiger partial charge in [0.05, 0.1) is 0 Å². The molecule has 4 nitrogen and oxygen atoms in total. The fourth-order valence-corrected chi connectivity index (χ4v) is 3.10. The second kappa shape index (κ2) is 9.83. The van der Waals surface area contributed by atoms with Crippen LogP contribution in [0.15, 0.2) is 0 Å². The number of carbonyl (C=O) groups excluding carboxylic acids is 1. The minimum Gasteiger partial charge on any atom is -0.477 e. The monoisotopic (exact) mass is 334 g/mol. The molecule has 0 spiro atoms. The zero-order chi connectivity index (χ0) is 17.3. The van der Waals surface area contributed by atoms with E-state index in [9.17, 15) is 18.4 Å². The van der Waals surface area contributed by atoms with Crippen LogP contribution < -0.4 is 0 Å². The number of hydrogen-bond acceptors (Lipinski definition) is 3. The molecule has 0 bridgehead atoms. The molecule has 1 atom stereocenters. The number of carboxylic acids is 1. The molecular formula is C17H28F2O4. The van der Waals surface area contributed by atoms with Gasteiger partial charge in [-0.25, -0.2) is 4.79 Å². The number of unbranched alkanes of at least 4 members (excludes halogenated alkanes) is 4. The molecular weight excluding hydrogens is 306 g/mol. The lowest BCUT2D eigenvalue weighted by Crippen LogP contribution is -2.48. The Kier molecular flexibility index (Phi) is 8.48. The molecule has 0 amide bonds. The summed E-state index contributed by atoms with van der Waals surface area (Å²) in [6.07, 6.45) is 6.29. The lowest BCUT2D eigenvalue weighted by Gasteiger charge is -2.33. The van der Waals surface area contributed by atoms with Crippen molar-refractivity contribution in [2.75, 3.05) is 0 Å². The van der Waals surface area contributed by atoms with Gasteiger partial charge in [-0.2, -0.15) is 8.78 Å². The molecule has 1 unspecified atom stereocenters. The van der Waals surface area contributed by atoms with Crippen LogP contribution in [-0.4, -0.2) is 29.1 Å². The normalized spacial score (nSPS) is 17.7. The number of halogens is 2. The highest BCUT2D eigenvalue weighted by molar-refractivity contribution is 5.77. The van der Waals surface area contributed by atoms with Crippen molar-refractivity contribution in [2.45, 2.75) is 89.6 Å². The van der Waals surface area contributed by atoms with Gasteiger partial charge in [0.2, 0.25) is 0 Å². The zero-order valence-electron chi connectivity index (χ0n) is 13.9. The number of esters is 1. The van der Waals surface area contributed by atoms with Crippen LogP contribution in [0.1, 0.15) is 77.6 Å². The average molecular weight is 334 g/mol. The summed E-state index contributed by atoms with van der Waals surface area (Å²) in [7, 11) is 0. The van der Waals surface area contributed by atoms with E-state index in [0.717, 1.165) is 44.9 Å². The molecule has 6 heteroatoms. The van der Waals surface area contributed by atoms with Crippen molar-refractivity contribution >= 4 is 11.9 Å². The Morgan fingerprint density at radius 3 is 2.30 bits per heavy atom. The van der Waals surface area contributed by atoms with E-state index in [-0.39, 0.29) is 6.42 Å². The Balaban J connectivity index is 2.58. The number of aliphatic carboxylic acids is 1. The van der Waals surface area contributed by atoms with Gasteiger partial charge in [-0.1, -0.05) is 51.9 Å². The molecule has 0 aromatic carbocycles. The molecule has 1 N–H and O–H groups in total. The third-order valence-electron chi connectivity index (χ3n) is 4.46. The Hall–Kier alpha value is -1.20. The maximum absolute atomic E-state index is 14.0. The Bertz CT molecular complexity index is 379. The number of rotatable bonds is 10. The summed E-state index contributed by atoms with van der Waals surface area (Å²) in [6.45, 7) is 2.08. The summed E-state index contributed by atoms with van der Waals surface area (Å²) in [5.41, 5.74) is 0. The van der Waals surface area contributed by atoms with Gasteiger partial charge in [-0.05, 0) is 19.3 Å². The van der Waals surface area contributed by atoms with E-state index in [1.54, 1.807) is 0 Å². The van der Waals surface area contributed by atoms with Crippen molar-refractivity contribution in [1.29, 1.82) is 0 Å². The topological polar surface area (TPSA) is 63.6 Å². The summed E-state index contributed by atoms with van der Waals surface area (Å²) in [4.78, 5) is 22.7. The summed E-state index contributed by atoms with van der Waals surface area (Å²) in [5, 5.41) is 8.79. The molecule has 0 heterocycles. The van der Waals surface area contributed by atoms with Crippen LogP contribution in [0.5, 0.6) is 0 Å². The van der Waals surface area contributed by atoms with Gasteiger partial charge in [0.1, 0.15) is 0 Å². The first-order chi connectivity index (χ1) is 10.9. The molecule has 1 rings (SSSR count). The van der Waals surface area contributed by atoms with Crippen molar-refractivity contribution in [3.05, 3.63) is 0 Å². The average Bonchev–Trinajstić information content (AvgIpc) is 2.53. The largest absolute Gasteiger partial charge is 0.477 e. The van der Waals surface area contributed by atoms with Crippen molar-refractivity contribution in [3.63, 3.8) is 0 Å². The second-order valence-electron chi connectivity index (χ2n) is 6.40. The summed E-state index contributed by atoms with van der Waals surface area (Å²) < 4.78 is 32.9. The Morgan fingerprint density at radius 2 is 1.74 bits per heavy atom. The Morgan fingerprint density at radius 1 is 1.13 bits per heavy atom. The maximum atomic E-state index is 14.0. The van der Waals surface area contributed by atoms with Crippen LogP contribution in [0.25, 0.3) is 0 Å². The summed E-state index contributed by atoms with van der Waals surface area (Å²) >= 11 is 0. The molecule has 1 fully saturated rings. The number of ether oxygens (including phenoxy) is 1. The fourth-order valence-electron chi connectivity index (χ4n) is 3.10. The van der Waals surface area contributed by atoms with E-state index in [1.165, 1.54) is 0 Å². The molecule has 23 heavy (non-hydrogen) atoms. The minimum absolute atomic E-state index is 0.0721. The van der Waals surface area contributed by atoms with Gasteiger partial charge in [0, 0.05) is 12.3 Å². The van der Waals surface area contributed by atoms with E-state index < -0.39 is 29.9 Å². The zero-order valence-corrected chi connectivity index (χ0v) is 13.9. The van der Waals surface area contributed by atoms with Gasteiger partial charge in [-0.3, -0.25) is 4.79 Å². The summed E-state index contributed by atoms with van der Waals surface area (Å²) in [5.74, 6) is -7.53. The third-order valence-corrected chi connectivity index (χ3v) is 4.46. The standard InChI is InChI=1S/C17H28F2O4/c1-2-3-4-5-9-12-14(20)23-15(17(18,19)16(21)22)13-10-7-6-8-11-13/h13,15H,2-12H2,1H3,(H,21,22). The highest BCUT2D eigenvalue weighted by Gasteiger charge is 2.53. The number of alkyl halides is 2. The number of carbonyl (C=O) groups is 2. The first-order valence-corrected chi connectivity index (χ1v) is 8.70. The van der Waals surface area contributed by atoms with Gasteiger partial charge < -0.3 is 9.84 Å². The van der Waals surface area contributed by atoms with Crippen LogP contribution in [0.2, 0.25) is 0 Å². The van der Waals surface area contributed by atoms with Crippen LogP contribution in [0.3, 0.4) is 0 Å². The van der Waals surface area contributed by atoms with E-state index in [4.69, 9.17) is 9.84 Å². The van der Waals surface area contributed by atoms with E-state index in [2.05, 4.69) is 6.92 Å². The smallest absolute Gasteiger partial charge is 0.378 e. The van der Waals surface area contributed by atoms with Crippen LogP contribution in [0.4, 0.5) is 8.78 Å². The van der Waals surface area contributed by atoms with Crippen LogP contribution >= 0.6 is 0 Å². The summed E-state index contributed by atoms with van der Waals surface area (Å²) in [6, 6.07) is 0. The highest BCUT2D eigenvalue weighted by Crippen LogP contribution is 2.36. The first kappa shape index (κ1) is 19.8. The maximum Gasteiger partial charge on any atom is 0.378 e. The molecule has 0 aromatic rings. The minimum atomic E-state index is -4.03. The Labute approximate surface area is 136 Å². The lowest BCUT2D eigenvalue weighted by molar-refractivity contribution is -0.202. The van der Waals surface area contributed by atoms with Crippen LogP contribution in [0, 0.1) is 5.92 Å². The van der Waals surface area contributed by atoms with Gasteiger partial charge in [-0.15, -0.1) is 0 Å². The number of hydrogen-bond donors (Lipinski definition) is 1. The van der Waals surface area contributed by atoms with Gasteiger partial charge >= 0.3 is 17.9 Å². The molecule has 1 aliphatic carbocycles. The molecule has 0 aromatic heterocycles. The molecule has 1 aliphatic rings. The lowest BCUT2D eigenvalue weighted by atomic mass is 9.83. The molecule has 134 valence electrons. The van der Waals surface area contributed by atoms with Crippen LogP contribution in [-0.2, 0) is 14.3 Å². The second-order valence-corrected chi connectivity index (χ2v) is 6.40. The quantitative estimate of drug-likeness (QED) is 0.470. The molecule has 1 saturated carbocycles. The van der Waals surface area contributed by atoms with Crippen molar-refractivity contribution in [3.8, 4) is 0 Å². The van der Waals surface area contributed by atoms with Gasteiger partial charge in [0.25, 0.3) is 0 Å². The van der Waals surface area contributed by atoms with E-state index in [1.807, 2.05) is 0 Å². The first-order valence-electron chi connectivity index (χ1n) is 8.70. The molecule has 0 aliphatic heterocycles. The van der Waals surface area contributed by atoms with E-state index >= 15 is 0 Å². The third kappa shape index (κ3) is 6.43.